The molecule has 12 nitrogen and oxygen atoms in total. The van der Waals surface area contributed by atoms with Crippen LogP contribution in [0.2, 0.25) is 0 Å². The molecule has 0 radical (unpaired) electrons. The van der Waals surface area contributed by atoms with Crippen molar-refractivity contribution >= 4 is 45.4 Å². The highest BCUT2D eigenvalue weighted by Crippen LogP contribution is 2.34. The Labute approximate surface area is 363 Å². The van der Waals surface area contributed by atoms with Crippen LogP contribution in [0.5, 0.6) is 23.0 Å². The topological polar surface area (TPSA) is 161 Å². The molecule has 18 heteroatoms. The predicted molar refractivity (Wildman–Crippen MR) is 225 cm³/mol. The van der Waals surface area contributed by atoms with E-state index < -0.39 is 48.2 Å². The predicted octanol–water partition coefficient (Wildman–Crippen LogP) is 9.08. The molecule has 0 spiro atoms. The summed E-state index contributed by atoms with van der Waals surface area (Å²) in [6, 6.07) is 14.6. The Kier molecular flexibility index (Phi) is 15.7. The number of phenols is 2. The first-order valence-electron chi connectivity index (χ1n) is 20.1. The number of carbonyl (C=O) groups is 4. The van der Waals surface area contributed by atoms with Crippen LogP contribution in [-0.2, 0) is 22.4 Å². The Morgan fingerprint density at radius 1 is 0.656 bits per heavy atom. The number of amides is 2. The van der Waals surface area contributed by atoms with E-state index in [1.165, 1.54) is 69.8 Å². The third kappa shape index (κ3) is 11.1. The fourth-order valence-corrected chi connectivity index (χ4v) is 6.98. The summed E-state index contributed by atoms with van der Waals surface area (Å²) in [6.45, 7) is 3.56. The van der Waals surface area contributed by atoms with Gasteiger partial charge < -0.3 is 30.3 Å². The van der Waals surface area contributed by atoms with Crippen LogP contribution in [0, 0.1) is 25.5 Å². The molecule has 6 aromatic rings. The molecule has 0 saturated carbocycles. The molecule has 0 aliphatic rings. The van der Waals surface area contributed by atoms with Gasteiger partial charge in [-0.15, -0.1) is 0 Å². The zero-order valence-electron chi connectivity index (χ0n) is 35.4. The summed E-state index contributed by atoms with van der Waals surface area (Å²) in [4.78, 5) is 51.3. The molecule has 340 valence electrons. The maximum Gasteiger partial charge on any atom is 0.387 e. The Bertz CT molecular complexity index is 2660. The van der Waals surface area contributed by atoms with Crippen molar-refractivity contribution in [3.63, 3.8) is 0 Å². The second kappa shape index (κ2) is 20.9. The number of unbranched alkanes of at least 4 members (excludes halogenated alkanes) is 1. The minimum atomic E-state index is -2.99. The average molecular weight is 897 g/mol. The average Bonchev–Trinajstić information content (AvgIpc) is 3.64. The van der Waals surface area contributed by atoms with E-state index in [2.05, 4.69) is 20.1 Å². The van der Waals surface area contributed by atoms with E-state index in [9.17, 15) is 55.7 Å². The fourth-order valence-electron chi connectivity index (χ4n) is 6.98. The van der Waals surface area contributed by atoms with E-state index in [1.54, 1.807) is 13.8 Å². The Hall–Kier alpha value is -6.98. The number of alkyl halides is 4. The van der Waals surface area contributed by atoms with Crippen LogP contribution in [0.3, 0.4) is 0 Å². The molecule has 64 heavy (non-hydrogen) atoms. The third-order valence-corrected chi connectivity index (χ3v) is 10.4. The molecular weight excluding hydrogens is 851 g/mol. The van der Waals surface area contributed by atoms with Gasteiger partial charge in [-0.25, -0.2) is 8.78 Å². The van der Waals surface area contributed by atoms with Crippen molar-refractivity contribution in [1.29, 1.82) is 0 Å². The summed E-state index contributed by atoms with van der Waals surface area (Å²) in [5, 5.41) is 26.1. The van der Waals surface area contributed by atoms with Gasteiger partial charge in [0, 0.05) is 58.0 Å². The van der Waals surface area contributed by atoms with Crippen molar-refractivity contribution in [3.8, 4) is 23.0 Å². The number of halogens is 6. The maximum absolute atomic E-state index is 14.1. The standard InChI is InChI=1S/2C23H23F3N2O4/c1-4-12(2)27-21(30)10-16-13(3)28(19-11-18(24)20(29)9-17(16)19)22(31)14-5-7-15(8-6-14)32-23(25)26;1-3-4-9-27-21(30)11-16-13(2)28(19-12-18(24)20(29)10-17(16)19)22(31)14-5-7-15(8-6-14)32-23(25)26/h5-9,11-12,23,29H,4,10H2,1-3H3,(H,27,30);5-8,10,12,23,29H,3-4,9,11H2,1-2H3,(H,27,30). The minimum absolute atomic E-state index is 0.0439. The molecule has 2 amide bonds. The van der Waals surface area contributed by atoms with Crippen LogP contribution < -0.4 is 20.1 Å². The van der Waals surface area contributed by atoms with Gasteiger partial charge in [-0.3, -0.25) is 28.3 Å². The molecule has 6 rings (SSSR count). The molecule has 2 heterocycles. The number of hydrogen-bond acceptors (Lipinski definition) is 8. The number of carbonyl (C=O) groups excluding carboxylic acids is 4. The lowest BCUT2D eigenvalue weighted by molar-refractivity contribution is -0.121. The second-order valence-corrected chi connectivity index (χ2v) is 14.8. The van der Waals surface area contributed by atoms with Gasteiger partial charge in [0.25, 0.3) is 11.8 Å². The van der Waals surface area contributed by atoms with E-state index in [0.717, 1.165) is 31.4 Å². The molecule has 0 aliphatic carbocycles. The van der Waals surface area contributed by atoms with Gasteiger partial charge in [0.1, 0.15) is 11.5 Å². The zero-order valence-corrected chi connectivity index (χ0v) is 35.4. The minimum Gasteiger partial charge on any atom is -0.505 e. The summed E-state index contributed by atoms with van der Waals surface area (Å²) in [7, 11) is 0. The lowest BCUT2D eigenvalue weighted by Gasteiger charge is -2.12. The third-order valence-electron chi connectivity index (χ3n) is 10.4. The summed E-state index contributed by atoms with van der Waals surface area (Å²) in [6.07, 6.45) is 2.35. The monoisotopic (exact) mass is 896 g/mol. The van der Waals surface area contributed by atoms with Gasteiger partial charge in [-0.05, 0) is 105 Å². The number of nitrogens with zero attached hydrogens (tertiary/aromatic N) is 2. The number of aromatic hydroxyl groups is 2. The van der Waals surface area contributed by atoms with Crippen LogP contribution >= 0.6 is 0 Å². The van der Waals surface area contributed by atoms with Crippen molar-refractivity contribution < 1.29 is 65.2 Å². The van der Waals surface area contributed by atoms with Gasteiger partial charge >= 0.3 is 13.2 Å². The van der Waals surface area contributed by atoms with E-state index in [-0.39, 0.29) is 64.4 Å². The summed E-state index contributed by atoms with van der Waals surface area (Å²) in [5.41, 5.74) is 2.44. The molecular formula is C46H46F6N4O8. The maximum atomic E-state index is 14.1. The first kappa shape index (κ1) is 48.1. The fraction of sp³-hybridized carbons (Fsp3) is 0.304. The van der Waals surface area contributed by atoms with Gasteiger partial charge in [-0.2, -0.15) is 17.6 Å². The smallest absolute Gasteiger partial charge is 0.387 e. The van der Waals surface area contributed by atoms with Gasteiger partial charge in [0.2, 0.25) is 11.8 Å². The summed E-state index contributed by atoms with van der Waals surface area (Å²) in [5.74, 6) is -4.85. The normalized spacial score (nSPS) is 11.7. The van der Waals surface area contributed by atoms with Crippen LogP contribution in [0.1, 0.15) is 83.3 Å². The highest BCUT2D eigenvalue weighted by molar-refractivity contribution is 6.06. The quantitative estimate of drug-likeness (QED) is 0.0587. The van der Waals surface area contributed by atoms with E-state index in [1.807, 2.05) is 20.8 Å². The van der Waals surface area contributed by atoms with E-state index in [0.29, 0.717) is 39.8 Å². The molecule has 0 aliphatic heterocycles. The molecule has 4 N–H and O–H groups in total. The van der Waals surface area contributed by atoms with Crippen molar-refractivity contribution in [2.24, 2.45) is 0 Å². The molecule has 0 saturated heterocycles. The van der Waals surface area contributed by atoms with Crippen LogP contribution in [0.25, 0.3) is 21.8 Å². The Morgan fingerprint density at radius 3 is 1.44 bits per heavy atom. The second-order valence-electron chi connectivity index (χ2n) is 14.8. The molecule has 0 fully saturated rings. The van der Waals surface area contributed by atoms with Crippen LogP contribution in [-0.4, -0.2) is 68.8 Å². The van der Waals surface area contributed by atoms with Crippen molar-refractivity contribution in [1.82, 2.24) is 19.8 Å². The molecule has 0 bridgehead atoms. The Morgan fingerprint density at radius 2 is 1.06 bits per heavy atom. The number of nitrogens with one attached hydrogen (secondary N) is 2. The highest BCUT2D eigenvalue weighted by Gasteiger charge is 2.25. The number of ether oxygens (including phenoxy) is 2. The number of aromatic nitrogens is 2. The zero-order chi connectivity index (χ0) is 47.0. The number of hydrogen-bond donors (Lipinski definition) is 4. The lowest BCUT2D eigenvalue weighted by atomic mass is 10.1. The van der Waals surface area contributed by atoms with Gasteiger partial charge in [0.05, 0.1) is 23.9 Å². The van der Waals surface area contributed by atoms with Crippen LogP contribution in [0.15, 0.2) is 72.8 Å². The summed E-state index contributed by atoms with van der Waals surface area (Å²) < 4.78 is 88.8. The van der Waals surface area contributed by atoms with Gasteiger partial charge in [0.15, 0.2) is 23.1 Å². The van der Waals surface area contributed by atoms with Crippen molar-refractivity contribution in [3.05, 3.63) is 118 Å². The summed E-state index contributed by atoms with van der Waals surface area (Å²) >= 11 is 0. The Balaban J connectivity index is 0.000000241. The van der Waals surface area contributed by atoms with Crippen LogP contribution in [0.4, 0.5) is 26.3 Å². The number of phenolic OH excluding ortho intramolecular Hbond substituents is 2. The largest absolute Gasteiger partial charge is 0.505 e. The van der Waals surface area contributed by atoms with Crippen molar-refractivity contribution in [2.45, 2.75) is 86.0 Å². The SMILES string of the molecule is CCC(C)NC(=O)Cc1c(C)n(C(=O)c2ccc(OC(F)F)cc2)c2cc(F)c(O)cc12.CCCCNC(=O)Cc1c(C)n(C(=O)c2ccc(OC(F)F)cc2)c2cc(F)c(O)cc12. The first-order chi connectivity index (χ1) is 30.3. The van der Waals surface area contributed by atoms with Crippen molar-refractivity contribution in [2.75, 3.05) is 6.54 Å². The molecule has 1 atom stereocenters. The highest BCUT2D eigenvalue weighted by atomic mass is 19.3. The lowest BCUT2D eigenvalue weighted by Crippen LogP contribution is -2.33. The molecule has 4 aromatic carbocycles. The first-order valence-corrected chi connectivity index (χ1v) is 20.1. The number of rotatable bonds is 15. The van der Waals surface area contributed by atoms with Gasteiger partial charge in [-0.1, -0.05) is 20.3 Å². The number of benzene rings is 4. The number of fused-ring (bicyclic) bond motifs is 2. The van der Waals surface area contributed by atoms with E-state index >= 15 is 0 Å². The molecule has 1 unspecified atom stereocenters. The molecule has 2 aromatic heterocycles. The van der Waals surface area contributed by atoms with E-state index in [4.69, 9.17) is 0 Å².